The van der Waals surface area contributed by atoms with Crippen molar-refractivity contribution in [3.63, 3.8) is 0 Å². The maximum absolute atomic E-state index is 8.71. The van der Waals surface area contributed by atoms with Crippen molar-refractivity contribution in [1.82, 2.24) is 0 Å². The van der Waals surface area contributed by atoms with Crippen LogP contribution >= 0.6 is 7.94 Å². The SMILES string of the molecule is F.F.O[P+](O)(O)c1ccccc1. The Morgan fingerprint density at radius 2 is 1.25 bits per heavy atom. The molecule has 0 unspecified atom stereocenters. The van der Waals surface area contributed by atoms with E-state index in [1.165, 1.54) is 12.1 Å². The molecule has 0 atom stereocenters. The van der Waals surface area contributed by atoms with Gasteiger partial charge in [-0.15, -0.1) is 0 Å². The van der Waals surface area contributed by atoms with Crippen molar-refractivity contribution in [2.45, 2.75) is 0 Å². The molecule has 6 heteroatoms. The molecule has 0 saturated carbocycles. The molecule has 0 spiro atoms. The predicted octanol–water partition coefficient (Wildman–Crippen LogP) is 0.356. The Bertz CT molecular complexity index is 212. The van der Waals surface area contributed by atoms with Crippen molar-refractivity contribution in [3.8, 4) is 0 Å². The number of hydrogen-bond donors (Lipinski definition) is 3. The lowest BCUT2D eigenvalue weighted by atomic mass is 10.4. The van der Waals surface area contributed by atoms with E-state index in [1.807, 2.05) is 0 Å². The molecule has 0 amide bonds. The summed E-state index contributed by atoms with van der Waals surface area (Å²) in [7, 11) is -3.77. The van der Waals surface area contributed by atoms with Crippen molar-refractivity contribution in [3.05, 3.63) is 30.3 Å². The molecule has 1 rings (SSSR count). The van der Waals surface area contributed by atoms with Crippen molar-refractivity contribution < 1.29 is 24.1 Å². The van der Waals surface area contributed by atoms with Crippen molar-refractivity contribution in [1.29, 1.82) is 0 Å². The minimum absolute atomic E-state index is 0. The molecular formula is C6H10F2O3P+. The zero-order chi connectivity index (χ0) is 7.61. The average molecular weight is 199 g/mol. The van der Waals surface area contributed by atoms with Crippen LogP contribution in [0.25, 0.3) is 0 Å². The van der Waals surface area contributed by atoms with E-state index < -0.39 is 7.94 Å². The fourth-order valence-corrected chi connectivity index (χ4v) is 1.20. The normalized spacial score (nSPS) is 9.58. The number of hydrogen-bond acceptors (Lipinski definition) is 3. The fourth-order valence-electron chi connectivity index (χ4n) is 0.628. The summed E-state index contributed by atoms with van der Waals surface area (Å²) in [5.41, 5.74) is 0. The molecule has 3 nitrogen and oxygen atoms in total. The lowest BCUT2D eigenvalue weighted by Crippen LogP contribution is -2.07. The number of benzene rings is 1. The molecular weight excluding hydrogens is 189 g/mol. The topological polar surface area (TPSA) is 60.7 Å². The van der Waals surface area contributed by atoms with Gasteiger partial charge in [-0.2, -0.15) is 14.7 Å². The van der Waals surface area contributed by atoms with E-state index in [2.05, 4.69) is 0 Å². The van der Waals surface area contributed by atoms with Crippen LogP contribution in [0, 0.1) is 0 Å². The molecule has 0 radical (unpaired) electrons. The summed E-state index contributed by atoms with van der Waals surface area (Å²) in [6, 6.07) is 7.93. The van der Waals surface area contributed by atoms with Gasteiger partial charge in [0, 0.05) is 0 Å². The van der Waals surface area contributed by atoms with Gasteiger partial charge in [0.05, 0.1) is 0 Å². The van der Waals surface area contributed by atoms with Crippen LogP contribution in [0.15, 0.2) is 30.3 Å². The van der Waals surface area contributed by atoms with Gasteiger partial charge in [0.1, 0.15) is 0 Å². The van der Waals surface area contributed by atoms with E-state index in [0.717, 1.165) is 0 Å². The van der Waals surface area contributed by atoms with E-state index in [0.29, 0.717) is 0 Å². The summed E-state index contributed by atoms with van der Waals surface area (Å²) >= 11 is 0. The third-order valence-electron chi connectivity index (χ3n) is 1.10. The molecule has 70 valence electrons. The molecule has 0 aromatic heterocycles. The molecule has 0 saturated heterocycles. The highest BCUT2D eigenvalue weighted by Gasteiger charge is 2.32. The number of halogens is 2. The maximum Gasteiger partial charge on any atom is 0.440 e. The summed E-state index contributed by atoms with van der Waals surface area (Å²) in [6.07, 6.45) is 0. The Balaban J connectivity index is 0. The summed E-state index contributed by atoms with van der Waals surface area (Å²) in [5, 5.41) is 0.176. The number of rotatable bonds is 1. The Morgan fingerprint density at radius 1 is 0.833 bits per heavy atom. The molecule has 1 aromatic rings. The highest BCUT2D eigenvalue weighted by molar-refractivity contribution is 7.66. The second kappa shape index (κ2) is 5.11. The maximum atomic E-state index is 8.71. The quantitative estimate of drug-likeness (QED) is 0.572. The van der Waals surface area contributed by atoms with Crippen LogP contribution in [0.5, 0.6) is 0 Å². The summed E-state index contributed by atoms with van der Waals surface area (Å²) < 4.78 is 0. The lowest BCUT2D eigenvalue weighted by molar-refractivity contribution is 0.347. The van der Waals surface area contributed by atoms with Gasteiger partial charge in [0.15, 0.2) is 5.30 Å². The molecule has 0 fully saturated rings. The van der Waals surface area contributed by atoms with Crippen molar-refractivity contribution in [2.24, 2.45) is 0 Å². The van der Waals surface area contributed by atoms with Gasteiger partial charge < -0.3 is 0 Å². The van der Waals surface area contributed by atoms with Gasteiger partial charge in [0.2, 0.25) is 0 Å². The standard InChI is InChI=1S/C6H8O3P.2FH/c7-10(8,9)6-4-2-1-3-5-6;;/h1-5,7-9H;2*1H/q+1;;. The van der Waals surface area contributed by atoms with Crippen molar-refractivity contribution >= 4 is 13.2 Å². The van der Waals surface area contributed by atoms with E-state index >= 15 is 0 Å². The van der Waals surface area contributed by atoms with E-state index in [-0.39, 0.29) is 14.7 Å². The van der Waals surface area contributed by atoms with E-state index in [4.69, 9.17) is 14.7 Å². The molecule has 0 aliphatic heterocycles. The summed E-state index contributed by atoms with van der Waals surface area (Å²) in [5.74, 6) is 0. The van der Waals surface area contributed by atoms with E-state index in [9.17, 15) is 0 Å². The zero-order valence-electron chi connectivity index (χ0n) is 5.99. The van der Waals surface area contributed by atoms with Gasteiger partial charge in [-0.1, -0.05) is 18.2 Å². The van der Waals surface area contributed by atoms with Crippen molar-refractivity contribution in [2.75, 3.05) is 0 Å². The molecule has 0 aliphatic carbocycles. The minimum Gasteiger partial charge on any atom is -0.269 e. The van der Waals surface area contributed by atoms with Crippen LogP contribution < -0.4 is 5.30 Å². The molecule has 3 N–H and O–H groups in total. The van der Waals surface area contributed by atoms with Gasteiger partial charge >= 0.3 is 7.94 Å². The summed E-state index contributed by atoms with van der Waals surface area (Å²) in [6.45, 7) is 0. The predicted molar refractivity (Wildman–Crippen MR) is 44.7 cm³/mol. The van der Waals surface area contributed by atoms with Crippen LogP contribution in [0.1, 0.15) is 0 Å². The second-order valence-electron chi connectivity index (χ2n) is 1.90. The van der Waals surface area contributed by atoms with Crippen LogP contribution in [0.3, 0.4) is 0 Å². The highest BCUT2D eigenvalue weighted by Crippen LogP contribution is 2.42. The molecule has 0 aliphatic rings. The Hall–Kier alpha value is -0.610. The fraction of sp³-hybridized carbons (Fsp3) is 0. The van der Waals surface area contributed by atoms with Crippen LogP contribution in [-0.2, 0) is 0 Å². The Labute approximate surface area is 68.6 Å². The molecule has 0 heterocycles. The first-order valence-electron chi connectivity index (χ1n) is 2.73. The van der Waals surface area contributed by atoms with Gasteiger partial charge in [-0.3, -0.25) is 9.41 Å². The summed E-state index contributed by atoms with van der Waals surface area (Å²) in [4.78, 5) is 26.1. The van der Waals surface area contributed by atoms with Crippen LogP contribution in [-0.4, -0.2) is 14.7 Å². The first-order valence-corrected chi connectivity index (χ1v) is 4.38. The van der Waals surface area contributed by atoms with Crippen LogP contribution in [0.4, 0.5) is 9.41 Å². The third kappa shape index (κ3) is 3.69. The first-order chi connectivity index (χ1) is 4.61. The van der Waals surface area contributed by atoms with Crippen LogP contribution in [0.2, 0.25) is 0 Å². The average Bonchev–Trinajstić information content (AvgIpc) is 1.88. The largest absolute Gasteiger partial charge is 0.440 e. The van der Waals surface area contributed by atoms with Gasteiger partial charge in [-0.05, 0) is 12.1 Å². The Kier molecular flexibility index (Phi) is 5.94. The second-order valence-corrected chi connectivity index (χ2v) is 3.56. The lowest BCUT2D eigenvalue weighted by Gasteiger charge is -2.00. The zero-order valence-corrected chi connectivity index (χ0v) is 6.89. The molecule has 12 heavy (non-hydrogen) atoms. The molecule has 0 bridgehead atoms. The van der Waals surface area contributed by atoms with E-state index in [1.54, 1.807) is 18.2 Å². The van der Waals surface area contributed by atoms with Gasteiger partial charge in [0.25, 0.3) is 0 Å². The highest BCUT2D eigenvalue weighted by atomic mass is 31.2. The third-order valence-corrected chi connectivity index (χ3v) is 2.09. The molecule has 1 aromatic carbocycles. The minimum atomic E-state index is -3.77. The monoisotopic (exact) mass is 199 g/mol. The first kappa shape index (κ1) is 13.9. The smallest absolute Gasteiger partial charge is 0.269 e. The van der Waals surface area contributed by atoms with Gasteiger partial charge in [-0.25, -0.2) is 0 Å². The Morgan fingerprint density at radius 3 is 1.50 bits per heavy atom.